The number of tetrazole rings is 1. The molecule has 0 aliphatic rings. The van der Waals surface area contributed by atoms with Crippen molar-refractivity contribution in [2.24, 2.45) is 0 Å². The van der Waals surface area contributed by atoms with Gasteiger partial charge < -0.3 is 0 Å². The zero-order valence-electron chi connectivity index (χ0n) is 10.7. The molecule has 0 fully saturated rings. The van der Waals surface area contributed by atoms with Crippen LogP contribution in [0.15, 0.2) is 53.0 Å². The second-order valence-corrected chi connectivity index (χ2v) is 6.95. The third-order valence-electron chi connectivity index (χ3n) is 2.78. The van der Waals surface area contributed by atoms with Crippen LogP contribution in [0.25, 0.3) is 5.69 Å². The van der Waals surface area contributed by atoms with Gasteiger partial charge in [0.05, 0.1) is 10.6 Å². The lowest BCUT2D eigenvalue weighted by Gasteiger charge is -2.06. The average Bonchev–Trinajstić information content (AvgIpc) is 3.19. The zero-order valence-corrected chi connectivity index (χ0v) is 12.4. The first-order valence-electron chi connectivity index (χ1n) is 6.01. The first-order chi connectivity index (χ1) is 10.1. The molecule has 0 saturated heterocycles. The van der Waals surface area contributed by atoms with Crippen LogP contribution in [0.1, 0.15) is 4.88 Å². The lowest BCUT2D eigenvalue weighted by Crippen LogP contribution is -2.22. The van der Waals surface area contributed by atoms with Crippen LogP contribution in [0.3, 0.4) is 0 Å². The topological polar surface area (TPSA) is 89.8 Å². The van der Waals surface area contributed by atoms with Gasteiger partial charge in [0, 0.05) is 11.4 Å². The Labute approximate surface area is 125 Å². The fourth-order valence-corrected chi connectivity index (χ4v) is 3.46. The summed E-state index contributed by atoms with van der Waals surface area (Å²) in [7, 11) is -3.53. The van der Waals surface area contributed by atoms with E-state index in [0.717, 1.165) is 4.88 Å². The van der Waals surface area contributed by atoms with Crippen molar-refractivity contribution in [1.82, 2.24) is 24.9 Å². The van der Waals surface area contributed by atoms with Gasteiger partial charge in [0.15, 0.2) is 0 Å². The van der Waals surface area contributed by atoms with E-state index in [4.69, 9.17) is 0 Å². The van der Waals surface area contributed by atoms with E-state index >= 15 is 0 Å². The van der Waals surface area contributed by atoms with Gasteiger partial charge >= 0.3 is 0 Å². The number of hydrogen-bond donors (Lipinski definition) is 1. The molecule has 1 N–H and O–H groups in total. The summed E-state index contributed by atoms with van der Waals surface area (Å²) in [5, 5.41) is 12.7. The minimum absolute atomic E-state index is 0.205. The summed E-state index contributed by atoms with van der Waals surface area (Å²) in [6, 6.07) is 10.1. The maximum atomic E-state index is 12.2. The molecule has 2 aromatic heterocycles. The zero-order chi connectivity index (χ0) is 14.7. The van der Waals surface area contributed by atoms with Crippen molar-refractivity contribution < 1.29 is 8.42 Å². The molecule has 1 aromatic carbocycles. The first-order valence-corrected chi connectivity index (χ1v) is 8.37. The average molecular weight is 321 g/mol. The summed E-state index contributed by atoms with van der Waals surface area (Å²) in [5.74, 6) is 0. The molecule has 0 atom stereocenters. The summed E-state index contributed by atoms with van der Waals surface area (Å²) in [4.78, 5) is 1.17. The molecule has 0 amide bonds. The molecule has 9 heteroatoms. The Hall–Kier alpha value is -2.10. The van der Waals surface area contributed by atoms with Crippen molar-refractivity contribution in [1.29, 1.82) is 0 Å². The maximum Gasteiger partial charge on any atom is 0.240 e. The van der Waals surface area contributed by atoms with Crippen molar-refractivity contribution in [2.75, 3.05) is 0 Å². The number of thiophene rings is 1. The lowest BCUT2D eigenvalue weighted by atomic mass is 10.3. The number of nitrogens with one attached hydrogen (secondary N) is 1. The molecule has 3 aromatic rings. The van der Waals surface area contributed by atoms with Crippen LogP contribution in [0, 0.1) is 0 Å². The SMILES string of the molecule is O=S(=O)(NCc1cccs1)c1ccc(-n2cnnn2)cc1. The highest BCUT2D eigenvalue weighted by atomic mass is 32.2. The van der Waals surface area contributed by atoms with E-state index in [2.05, 4.69) is 20.2 Å². The second-order valence-electron chi connectivity index (χ2n) is 4.15. The van der Waals surface area contributed by atoms with Crippen LogP contribution in [-0.4, -0.2) is 28.6 Å². The quantitative estimate of drug-likeness (QED) is 0.762. The smallest absolute Gasteiger partial charge is 0.207 e. The first kappa shape index (κ1) is 13.9. The molecule has 0 unspecified atom stereocenters. The Kier molecular flexibility index (Phi) is 3.78. The van der Waals surface area contributed by atoms with E-state index in [-0.39, 0.29) is 11.4 Å². The largest absolute Gasteiger partial charge is 0.240 e. The normalized spacial score (nSPS) is 11.6. The van der Waals surface area contributed by atoms with Crippen LogP contribution in [0.5, 0.6) is 0 Å². The summed E-state index contributed by atoms with van der Waals surface area (Å²) in [6.45, 7) is 0.286. The van der Waals surface area contributed by atoms with E-state index in [0.29, 0.717) is 5.69 Å². The molecule has 0 aliphatic carbocycles. The number of sulfonamides is 1. The van der Waals surface area contributed by atoms with Gasteiger partial charge in [-0.3, -0.25) is 0 Å². The van der Waals surface area contributed by atoms with Gasteiger partial charge in [-0.25, -0.2) is 17.8 Å². The van der Waals surface area contributed by atoms with Crippen LogP contribution in [-0.2, 0) is 16.6 Å². The lowest BCUT2D eigenvalue weighted by molar-refractivity contribution is 0.582. The molecule has 0 spiro atoms. The van der Waals surface area contributed by atoms with Crippen molar-refractivity contribution in [3.63, 3.8) is 0 Å². The molecule has 0 aliphatic heterocycles. The monoisotopic (exact) mass is 321 g/mol. The third-order valence-corrected chi connectivity index (χ3v) is 5.07. The molecule has 2 heterocycles. The molecule has 0 saturated carbocycles. The second kappa shape index (κ2) is 5.72. The Morgan fingerprint density at radius 1 is 1.19 bits per heavy atom. The van der Waals surface area contributed by atoms with Gasteiger partial charge in [0.2, 0.25) is 10.0 Å². The fraction of sp³-hybridized carbons (Fsp3) is 0.0833. The summed E-state index contributed by atoms with van der Waals surface area (Å²) in [5.41, 5.74) is 0.692. The van der Waals surface area contributed by atoms with Gasteiger partial charge in [-0.1, -0.05) is 6.07 Å². The summed E-state index contributed by atoms with van der Waals surface area (Å²) < 4.78 is 28.4. The molecule has 7 nitrogen and oxygen atoms in total. The molecule has 21 heavy (non-hydrogen) atoms. The maximum absolute atomic E-state index is 12.2. The van der Waals surface area contributed by atoms with Gasteiger partial charge in [0.25, 0.3) is 0 Å². The standard InChI is InChI=1S/C12H11N5O2S2/c18-21(19,14-8-11-2-1-7-20-11)12-5-3-10(4-6-12)17-9-13-15-16-17/h1-7,9,14H,8H2. The predicted molar refractivity (Wildman–Crippen MR) is 77.5 cm³/mol. The highest BCUT2D eigenvalue weighted by Crippen LogP contribution is 2.14. The van der Waals surface area contributed by atoms with Crippen LogP contribution in [0.4, 0.5) is 0 Å². The third kappa shape index (κ3) is 3.15. The predicted octanol–water partition coefficient (Wildman–Crippen LogP) is 1.20. The van der Waals surface area contributed by atoms with Crippen molar-refractivity contribution in [2.45, 2.75) is 11.4 Å². The number of aromatic nitrogens is 4. The number of hydrogen-bond acceptors (Lipinski definition) is 6. The molecule has 3 rings (SSSR count). The fourth-order valence-electron chi connectivity index (χ4n) is 1.72. The number of benzene rings is 1. The highest BCUT2D eigenvalue weighted by Gasteiger charge is 2.14. The Balaban J connectivity index is 1.76. The van der Waals surface area contributed by atoms with Gasteiger partial charge in [-0.2, -0.15) is 0 Å². The molecular formula is C12H11N5O2S2. The van der Waals surface area contributed by atoms with E-state index < -0.39 is 10.0 Å². The van der Waals surface area contributed by atoms with Gasteiger partial charge in [0.1, 0.15) is 6.33 Å². The van der Waals surface area contributed by atoms with Crippen LogP contribution >= 0.6 is 11.3 Å². The molecule has 0 bridgehead atoms. The Morgan fingerprint density at radius 2 is 2.00 bits per heavy atom. The van der Waals surface area contributed by atoms with Crippen LogP contribution in [0.2, 0.25) is 0 Å². The molecule has 108 valence electrons. The number of rotatable bonds is 5. The summed E-state index contributed by atoms with van der Waals surface area (Å²) in [6.07, 6.45) is 1.44. The highest BCUT2D eigenvalue weighted by molar-refractivity contribution is 7.89. The minimum atomic E-state index is -3.53. The van der Waals surface area contributed by atoms with E-state index in [1.54, 1.807) is 12.1 Å². The molecule has 0 radical (unpaired) electrons. The van der Waals surface area contributed by atoms with E-state index in [1.807, 2.05) is 17.5 Å². The van der Waals surface area contributed by atoms with Gasteiger partial charge in [-0.05, 0) is 46.1 Å². The van der Waals surface area contributed by atoms with Crippen LogP contribution < -0.4 is 4.72 Å². The minimum Gasteiger partial charge on any atom is -0.207 e. The Morgan fingerprint density at radius 3 is 2.62 bits per heavy atom. The Bertz CT molecular complexity index is 796. The van der Waals surface area contributed by atoms with Crippen molar-refractivity contribution >= 4 is 21.4 Å². The summed E-state index contributed by atoms with van der Waals surface area (Å²) >= 11 is 1.51. The van der Waals surface area contributed by atoms with E-state index in [1.165, 1.54) is 34.5 Å². The molecular weight excluding hydrogens is 310 g/mol. The van der Waals surface area contributed by atoms with E-state index in [9.17, 15) is 8.42 Å². The number of nitrogens with zero attached hydrogens (tertiary/aromatic N) is 4. The van der Waals surface area contributed by atoms with Crippen molar-refractivity contribution in [3.05, 3.63) is 53.0 Å². The van der Waals surface area contributed by atoms with Gasteiger partial charge in [-0.15, -0.1) is 16.4 Å². The van der Waals surface area contributed by atoms with Crippen molar-refractivity contribution in [3.8, 4) is 5.69 Å².